The zero-order chi connectivity index (χ0) is 16.0. The average molecular weight is 308 g/mol. The van der Waals surface area contributed by atoms with E-state index in [9.17, 15) is 14.7 Å². The molecule has 0 bridgehead atoms. The normalized spacial score (nSPS) is 24.5. The van der Waals surface area contributed by atoms with Crippen molar-refractivity contribution in [3.8, 4) is 0 Å². The highest BCUT2D eigenvalue weighted by Crippen LogP contribution is 2.27. The molecule has 0 radical (unpaired) electrons. The Morgan fingerprint density at radius 3 is 2.64 bits per heavy atom. The third kappa shape index (κ3) is 3.84. The minimum absolute atomic E-state index is 0.0156. The van der Waals surface area contributed by atoms with E-state index in [4.69, 9.17) is 14.2 Å². The van der Waals surface area contributed by atoms with Gasteiger partial charge in [0.25, 0.3) is 0 Å². The average Bonchev–Trinajstić information content (AvgIpc) is 2.55. The van der Waals surface area contributed by atoms with E-state index in [0.29, 0.717) is 12.0 Å². The first-order valence-electron chi connectivity index (χ1n) is 7.29. The molecular formula is C16H20O6. The Hall–Kier alpha value is -1.92. The zero-order valence-electron chi connectivity index (χ0n) is 12.5. The van der Waals surface area contributed by atoms with Gasteiger partial charge in [0, 0.05) is 0 Å². The van der Waals surface area contributed by atoms with Gasteiger partial charge in [0.15, 0.2) is 5.60 Å². The molecular weight excluding hydrogens is 288 g/mol. The van der Waals surface area contributed by atoms with Gasteiger partial charge in [-0.1, -0.05) is 18.2 Å². The number of benzene rings is 1. The van der Waals surface area contributed by atoms with E-state index in [0.717, 1.165) is 0 Å². The minimum Gasteiger partial charge on any atom is -0.464 e. The van der Waals surface area contributed by atoms with Gasteiger partial charge in [0.2, 0.25) is 0 Å². The van der Waals surface area contributed by atoms with Gasteiger partial charge in [-0.05, 0) is 31.9 Å². The van der Waals surface area contributed by atoms with Crippen molar-refractivity contribution in [2.24, 2.45) is 0 Å². The Morgan fingerprint density at radius 2 is 2.05 bits per heavy atom. The number of carbonyl (C=O) groups is 2. The number of esters is 2. The number of hydrogen-bond donors (Lipinski definition) is 1. The second-order valence-corrected chi connectivity index (χ2v) is 5.16. The number of carbonyl (C=O) groups excluding carboxylic acids is 2. The molecule has 120 valence electrons. The molecule has 0 aromatic heterocycles. The van der Waals surface area contributed by atoms with Gasteiger partial charge in [-0.25, -0.2) is 9.59 Å². The van der Waals surface area contributed by atoms with E-state index in [1.54, 1.807) is 37.3 Å². The number of ether oxygens (including phenoxy) is 3. The summed E-state index contributed by atoms with van der Waals surface area (Å²) in [6, 6.07) is 8.51. The maximum atomic E-state index is 12.2. The molecule has 2 rings (SSSR count). The highest BCUT2D eigenvalue weighted by atomic mass is 16.6. The maximum Gasteiger partial charge on any atom is 0.342 e. The number of aliphatic hydroxyl groups excluding tert-OH is 1. The number of aliphatic hydroxyl groups is 1. The van der Waals surface area contributed by atoms with Gasteiger partial charge in [-0.2, -0.15) is 0 Å². The second kappa shape index (κ2) is 7.38. The van der Waals surface area contributed by atoms with Crippen LogP contribution in [0.4, 0.5) is 0 Å². The predicted molar refractivity (Wildman–Crippen MR) is 77.3 cm³/mol. The van der Waals surface area contributed by atoms with E-state index in [1.807, 2.05) is 0 Å². The van der Waals surface area contributed by atoms with Gasteiger partial charge in [0.05, 0.1) is 24.9 Å². The molecule has 0 aliphatic carbocycles. The summed E-state index contributed by atoms with van der Waals surface area (Å²) in [6.45, 7) is 1.69. The van der Waals surface area contributed by atoms with Crippen molar-refractivity contribution in [1.29, 1.82) is 0 Å². The van der Waals surface area contributed by atoms with Crippen LogP contribution in [0.25, 0.3) is 0 Å². The summed E-state index contributed by atoms with van der Waals surface area (Å²) < 4.78 is 15.7. The van der Waals surface area contributed by atoms with Crippen LogP contribution in [0.2, 0.25) is 0 Å². The van der Waals surface area contributed by atoms with E-state index in [1.165, 1.54) is 0 Å². The quantitative estimate of drug-likeness (QED) is 0.826. The molecule has 0 saturated carbocycles. The minimum atomic E-state index is -1.33. The van der Waals surface area contributed by atoms with Gasteiger partial charge in [0.1, 0.15) is 6.61 Å². The topological polar surface area (TPSA) is 82.1 Å². The van der Waals surface area contributed by atoms with Gasteiger partial charge in [-0.3, -0.25) is 0 Å². The highest BCUT2D eigenvalue weighted by Gasteiger charge is 2.46. The van der Waals surface area contributed by atoms with Crippen LogP contribution < -0.4 is 0 Å². The molecule has 6 nitrogen and oxygen atoms in total. The molecule has 1 aromatic carbocycles. The van der Waals surface area contributed by atoms with E-state index >= 15 is 0 Å². The van der Waals surface area contributed by atoms with Crippen LogP contribution in [0.15, 0.2) is 30.3 Å². The second-order valence-electron chi connectivity index (χ2n) is 5.16. The molecule has 22 heavy (non-hydrogen) atoms. The van der Waals surface area contributed by atoms with E-state index in [-0.39, 0.29) is 26.2 Å². The largest absolute Gasteiger partial charge is 0.464 e. The summed E-state index contributed by atoms with van der Waals surface area (Å²) in [5.74, 6) is -1.10. The molecule has 1 aromatic rings. The van der Waals surface area contributed by atoms with Crippen molar-refractivity contribution >= 4 is 11.9 Å². The lowest BCUT2D eigenvalue weighted by Crippen LogP contribution is -2.52. The molecule has 1 saturated heterocycles. The first-order chi connectivity index (χ1) is 10.6. The SMILES string of the molecule is CCOC(=O)C1(COC(=O)c2ccccc2)CCC(O)CO1. The Bertz CT molecular complexity index is 505. The first-order valence-corrected chi connectivity index (χ1v) is 7.29. The summed E-state index contributed by atoms with van der Waals surface area (Å²) in [4.78, 5) is 24.2. The molecule has 1 aliphatic rings. The summed E-state index contributed by atoms with van der Waals surface area (Å²) in [5.41, 5.74) is -0.933. The smallest absolute Gasteiger partial charge is 0.342 e. The molecule has 6 heteroatoms. The molecule has 1 aliphatic heterocycles. The fraction of sp³-hybridized carbons (Fsp3) is 0.500. The molecule has 0 amide bonds. The van der Waals surface area contributed by atoms with Gasteiger partial charge >= 0.3 is 11.9 Å². The maximum absolute atomic E-state index is 12.2. The zero-order valence-corrected chi connectivity index (χ0v) is 12.5. The Kier molecular flexibility index (Phi) is 5.51. The Morgan fingerprint density at radius 1 is 1.32 bits per heavy atom. The highest BCUT2D eigenvalue weighted by molar-refractivity contribution is 5.89. The third-order valence-electron chi connectivity index (χ3n) is 3.53. The van der Waals surface area contributed by atoms with Gasteiger partial charge < -0.3 is 19.3 Å². The number of rotatable bonds is 5. The lowest BCUT2D eigenvalue weighted by atomic mass is 9.93. The van der Waals surface area contributed by atoms with Crippen molar-refractivity contribution in [2.75, 3.05) is 19.8 Å². The lowest BCUT2D eigenvalue weighted by molar-refractivity contribution is -0.194. The van der Waals surface area contributed by atoms with Crippen LogP contribution in [0.5, 0.6) is 0 Å². The van der Waals surface area contributed by atoms with Crippen LogP contribution in [-0.4, -0.2) is 48.6 Å². The fourth-order valence-corrected chi connectivity index (χ4v) is 2.25. The summed E-state index contributed by atoms with van der Waals surface area (Å²) >= 11 is 0. The van der Waals surface area contributed by atoms with Crippen LogP contribution in [0.1, 0.15) is 30.1 Å². The molecule has 1 heterocycles. The van der Waals surface area contributed by atoms with Crippen molar-refractivity contribution in [1.82, 2.24) is 0 Å². The van der Waals surface area contributed by atoms with Crippen LogP contribution in [-0.2, 0) is 19.0 Å². The summed E-state index contributed by atoms with van der Waals surface area (Å²) in [6.07, 6.45) is 0.0175. The predicted octanol–water partition coefficient (Wildman–Crippen LogP) is 1.32. The Balaban J connectivity index is 2.04. The molecule has 2 atom stereocenters. The monoisotopic (exact) mass is 308 g/mol. The lowest BCUT2D eigenvalue weighted by Gasteiger charge is -2.36. The van der Waals surface area contributed by atoms with E-state index in [2.05, 4.69) is 0 Å². The van der Waals surface area contributed by atoms with Gasteiger partial charge in [-0.15, -0.1) is 0 Å². The first kappa shape index (κ1) is 16.5. The summed E-state index contributed by atoms with van der Waals surface area (Å²) in [5, 5.41) is 9.52. The molecule has 1 N–H and O–H groups in total. The third-order valence-corrected chi connectivity index (χ3v) is 3.53. The van der Waals surface area contributed by atoms with Crippen LogP contribution in [0, 0.1) is 0 Å². The molecule has 1 fully saturated rings. The van der Waals surface area contributed by atoms with Crippen molar-refractivity contribution < 1.29 is 28.9 Å². The van der Waals surface area contributed by atoms with Crippen molar-refractivity contribution in [2.45, 2.75) is 31.5 Å². The van der Waals surface area contributed by atoms with Crippen LogP contribution >= 0.6 is 0 Å². The standard InChI is InChI=1S/C16H20O6/c1-2-20-15(19)16(9-8-13(17)10-22-16)11-21-14(18)12-6-4-3-5-7-12/h3-7,13,17H,2,8-11H2,1H3. The summed E-state index contributed by atoms with van der Waals surface area (Å²) in [7, 11) is 0. The van der Waals surface area contributed by atoms with Crippen LogP contribution in [0.3, 0.4) is 0 Å². The fourth-order valence-electron chi connectivity index (χ4n) is 2.25. The molecule has 2 unspecified atom stereocenters. The van der Waals surface area contributed by atoms with Crippen molar-refractivity contribution in [3.05, 3.63) is 35.9 Å². The van der Waals surface area contributed by atoms with E-state index < -0.39 is 23.6 Å². The number of hydrogen-bond acceptors (Lipinski definition) is 6. The van der Waals surface area contributed by atoms with Crippen molar-refractivity contribution in [3.63, 3.8) is 0 Å². The molecule has 0 spiro atoms. The Labute approximate surface area is 129 Å².